The van der Waals surface area contributed by atoms with Crippen molar-refractivity contribution in [1.82, 2.24) is 19.9 Å². The number of imidazole rings is 1. The fourth-order valence-corrected chi connectivity index (χ4v) is 1.65. The van der Waals surface area contributed by atoms with Gasteiger partial charge in [-0.2, -0.15) is 9.97 Å². The molecule has 2 aromatic rings. The Morgan fingerprint density at radius 3 is 2.95 bits per heavy atom. The van der Waals surface area contributed by atoms with Crippen molar-refractivity contribution in [3.05, 3.63) is 11.6 Å². The summed E-state index contributed by atoms with van der Waals surface area (Å²) in [6.45, 7) is 2.19. The van der Waals surface area contributed by atoms with Crippen LogP contribution in [-0.4, -0.2) is 53.5 Å². The van der Waals surface area contributed by atoms with E-state index in [1.807, 2.05) is 0 Å². The summed E-state index contributed by atoms with van der Waals surface area (Å²) in [6.07, 6.45) is 2.38. The highest BCUT2D eigenvalue weighted by Gasteiger charge is 2.09. The van der Waals surface area contributed by atoms with E-state index in [0.29, 0.717) is 43.5 Å². The highest BCUT2D eigenvalue weighted by atomic mass is 35.5. The number of aromatic nitrogens is 4. The molecule has 0 atom stereocenters. The molecule has 0 saturated carbocycles. The second kappa shape index (κ2) is 7.22. The number of fused-ring (bicyclic) bond motifs is 1. The Kier molecular flexibility index (Phi) is 5.31. The van der Waals surface area contributed by atoms with Gasteiger partial charge in [0.15, 0.2) is 5.65 Å². The summed E-state index contributed by atoms with van der Waals surface area (Å²) in [5.74, 6) is 0.382. The standard InChI is InChI=1S/C11H15ClN4O3/c1-17-3-2-4-18-5-6-19-10-8-9(14-7-13-8)15-11(12)16-10/h7H,2-6H2,1H3,(H,13,14,15,16). The van der Waals surface area contributed by atoms with Gasteiger partial charge in [0.1, 0.15) is 12.1 Å². The number of ether oxygens (including phenoxy) is 3. The van der Waals surface area contributed by atoms with Crippen LogP contribution in [0.25, 0.3) is 11.2 Å². The predicted molar refractivity (Wildman–Crippen MR) is 69.5 cm³/mol. The van der Waals surface area contributed by atoms with Gasteiger partial charge in [0.2, 0.25) is 11.2 Å². The third-order valence-electron chi connectivity index (χ3n) is 2.33. The van der Waals surface area contributed by atoms with E-state index in [4.69, 9.17) is 25.8 Å². The van der Waals surface area contributed by atoms with Crippen LogP contribution in [0.5, 0.6) is 5.88 Å². The summed E-state index contributed by atoms with van der Waals surface area (Å²) in [5.41, 5.74) is 1.11. The minimum absolute atomic E-state index is 0.107. The number of H-pyrrole nitrogens is 1. The maximum atomic E-state index is 5.78. The highest BCUT2D eigenvalue weighted by molar-refractivity contribution is 6.28. The Bertz CT molecular complexity index is 520. The molecule has 0 aliphatic heterocycles. The van der Waals surface area contributed by atoms with E-state index in [9.17, 15) is 0 Å². The van der Waals surface area contributed by atoms with Crippen molar-refractivity contribution >= 4 is 22.8 Å². The number of nitrogens with zero attached hydrogens (tertiary/aromatic N) is 3. The third kappa shape index (κ3) is 4.02. The topological polar surface area (TPSA) is 82.2 Å². The smallest absolute Gasteiger partial charge is 0.244 e. The van der Waals surface area contributed by atoms with Crippen molar-refractivity contribution in [2.75, 3.05) is 33.5 Å². The fourth-order valence-electron chi connectivity index (χ4n) is 1.49. The van der Waals surface area contributed by atoms with Crippen LogP contribution in [-0.2, 0) is 9.47 Å². The molecule has 0 amide bonds. The van der Waals surface area contributed by atoms with Crippen LogP contribution in [0.1, 0.15) is 6.42 Å². The monoisotopic (exact) mass is 286 g/mol. The first-order chi connectivity index (χ1) is 9.31. The first kappa shape index (κ1) is 14.0. The van der Waals surface area contributed by atoms with E-state index in [1.165, 1.54) is 6.33 Å². The van der Waals surface area contributed by atoms with Crippen LogP contribution in [0, 0.1) is 0 Å². The molecule has 0 fully saturated rings. The van der Waals surface area contributed by atoms with Crippen LogP contribution < -0.4 is 4.74 Å². The second-order valence-corrected chi connectivity index (χ2v) is 4.04. The molecule has 0 saturated heterocycles. The Morgan fingerprint density at radius 2 is 2.11 bits per heavy atom. The number of rotatable bonds is 8. The van der Waals surface area contributed by atoms with Gasteiger partial charge in [0.25, 0.3) is 0 Å². The molecule has 0 aliphatic carbocycles. The average Bonchev–Trinajstić information content (AvgIpc) is 2.85. The summed E-state index contributed by atoms with van der Waals surface area (Å²) in [4.78, 5) is 14.9. The maximum absolute atomic E-state index is 5.78. The van der Waals surface area contributed by atoms with E-state index in [-0.39, 0.29) is 5.28 Å². The lowest BCUT2D eigenvalue weighted by molar-refractivity contribution is 0.0799. The summed E-state index contributed by atoms with van der Waals surface area (Å²) < 4.78 is 15.8. The van der Waals surface area contributed by atoms with Crippen LogP contribution in [0.4, 0.5) is 0 Å². The van der Waals surface area contributed by atoms with Gasteiger partial charge in [-0.25, -0.2) is 4.98 Å². The van der Waals surface area contributed by atoms with E-state index in [1.54, 1.807) is 7.11 Å². The van der Waals surface area contributed by atoms with Crippen molar-refractivity contribution in [1.29, 1.82) is 0 Å². The summed E-state index contributed by atoms with van der Waals surface area (Å²) in [7, 11) is 1.66. The van der Waals surface area contributed by atoms with Gasteiger partial charge >= 0.3 is 0 Å². The zero-order chi connectivity index (χ0) is 13.5. The first-order valence-electron chi connectivity index (χ1n) is 5.87. The SMILES string of the molecule is COCCCOCCOc1nc(Cl)nc2nc[nH]c12. The van der Waals surface area contributed by atoms with Gasteiger partial charge in [0, 0.05) is 20.3 Å². The summed E-state index contributed by atoms with van der Waals surface area (Å²) >= 11 is 5.78. The zero-order valence-electron chi connectivity index (χ0n) is 10.6. The molecule has 2 rings (SSSR count). The number of aromatic amines is 1. The van der Waals surface area contributed by atoms with Crippen LogP contribution in [0.3, 0.4) is 0 Å². The van der Waals surface area contributed by atoms with Crippen LogP contribution >= 0.6 is 11.6 Å². The fraction of sp³-hybridized carbons (Fsp3) is 0.545. The van der Waals surface area contributed by atoms with Crippen molar-refractivity contribution in [2.45, 2.75) is 6.42 Å². The molecule has 7 nitrogen and oxygen atoms in total. The van der Waals surface area contributed by atoms with Crippen molar-refractivity contribution in [3.8, 4) is 5.88 Å². The molecule has 0 aromatic carbocycles. The number of methoxy groups -OCH3 is 1. The zero-order valence-corrected chi connectivity index (χ0v) is 11.3. The lowest BCUT2D eigenvalue weighted by atomic mass is 10.5. The minimum atomic E-state index is 0.107. The van der Waals surface area contributed by atoms with Gasteiger partial charge in [-0.05, 0) is 18.0 Å². The van der Waals surface area contributed by atoms with Crippen LogP contribution in [0.15, 0.2) is 6.33 Å². The van der Waals surface area contributed by atoms with Gasteiger partial charge in [0.05, 0.1) is 12.9 Å². The number of hydrogen-bond acceptors (Lipinski definition) is 6. The molecule has 8 heteroatoms. The lowest BCUT2D eigenvalue weighted by Crippen LogP contribution is -2.09. The molecule has 1 N–H and O–H groups in total. The normalized spacial score (nSPS) is 11.1. The number of nitrogens with one attached hydrogen (secondary N) is 1. The van der Waals surface area contributed by atoms with Gasteiger partial charge in [-0.3, -0.25) is 0 Å². The second-order valence-electron chi connectivity index (χ2n) is 3.71. The quantitative estimate of drug-likeness (QED) is 0.584. The largest absolute Gasteiger partial charge is 0.474 e. The molecule has 19 heavy (non-hydrogen) atoms. The van der Waals surface area contributed by atoms with E-state index >= 15 is 0 Å². The van der Waals surface area contributed by atoms with Gasteiger partial charge in [-0.15, -0.1) is 0 Å². The third-order valence-corrected chi connectivity index (χ3v) is 2.50. The molecule has 104 valence electrons. The van der Waals surface area contributed by atoms with Gasteiger partial charge < -0.3 is 19.2 Å². The lowest BCUT2D eigenvalue weighted by Gasteiger charge is -2.07. The highest BCUT2D eigenvalue weighted by Crippen LogP contribution is 2.20. The Hall–Kier alpha value is -1.44. The van der Waals surface area contributed by atoms with Crippen molar-refractivity contribution in [2.24, 2.45) is 0 Å². The first-order valence-corrected chi connectivity index (χ1v) is 6.25. The Balaban J connectivity index is 1.79. The molecular weight excluding hydrogens is 272 g/mol. The van der Waals surface area contributed by atoms with Crippen molar-refractivity contribution < 1.29 is 14.2 Å². The minimum Gasteiger partial charge on any atom is -0.474 e. The summed E-state index contributed by atoms with van der Waals surface area (Å²) in [6, 6.07) is 0. The summed E-state index contributed by atoms with van der Waals surface area (Å²) in [5, 5.41) is 0.107. The van der Waals surface area contributed by atoms with E-state index in [2.05, 4.69) is 19.9 Å². The Morgan fingerprint density at radius 1 is 1.21 bits per heavy atom. The molecular formula is C11H15ClN4O3. The predicted octanol–water partition coefficient (Wildman–Crippen LogP) is 1.44. The van der Waals surface area contributed by atoms with Crippen molar-refractivity contribution in [3.63, 3.8) is 0 Å². The molecule has 2 aromatic heterocycles. The average molecular weight is 287 g/mol. The Labute approximate surface area is 115 Å². The molecule has 0 unspecified atom stereocenters. The number of halogens is 1. The molecule has 0 bridgehead atoms. The van der Waals surface area contributed by atoms with Crippen LogP contribution in [0.2, 0.25) is 5.28 Å². The molecule has 0 radical (unpaired) electrons. The van der Waals surface area contributed by atoms with Gasteiger partial charge in [-0.1, -0.05) is 0 Å². The maximum Gasteiger partial charge on any atom is 0.244 e. The van der Waals surface area contributed by atoms with E-state index in [0.717, 1.165) is 6.42 Å². The molecule has 2 heterocycles. The van der Waals surface area contributed by atoms with E-state index < -0.39 is 0 Å². The molecule has 0 aliphatic rings. The number of hydrogen-bond donors (Lipinski definition) is 1. The molecule has 0 spiro atoms.